The molecule has 0 bridgehead atoms. The van der Waals surface area contributed by atoms with Crippen molar-refractivity contribution in [2.24, 2.45) is 0 Å². The maximum atomic E-state index is 11.5. The molecule has 0 unspecified atom stereocenters. The molecular weight excluding hydrogens is 176 g/mol. The number of carbonyl (C=O) groups is 2. The van der Waals surface area contributed by atoms with Gasteiger partial charge in [0.15, 0.2) is 11.6 Å². The van der Waals surface area contributed by atoms with E-state index in [1.165, 1.54) is 12.2 Å². The van der Waals surface area contributed by atoms with Gasteiger partial charge in [-0.05, 0) is 18.2 Å². The summed E-state index contributed by atoms with van der Waals surface area (Å²) in [6.07, 6.45) is 7.77. The lowest BCUT2D eigenvalue weighted by Gasteiger charge is -2.09. The molecule has 0 heterocycles. The van der Waals surface area contributed by atoms with E-state index < -0.39 is 0 Å². The summed E-state index contributed by atoms with van der Waals surface area (Å²) in [5.41, 5.74) is 1.22. The van der Waals surface area contributed by atoms with Crippen molar-refractivity contribution in [1.82, 2.24) is 0 Å². The van der Waals surface area contributed by atoms with Crippen LogP contribution in [0.1, 0.15) is 26.3 Å². The molecule has 1 aliphatic rings. The fraction of sp³-hybridized carbons (Fsp3) is 0. The van der Waals surface area contributed by atoms with E-state index in [1.54, 1.807) is 18.2 Å². The number of fused-ring (bicyclic) bond motifs is 1. The normalized spacial score (nSPS) is 13.6. The summed E-state index contributed by atoms with van der Waals surface area (Å²) in [5, 5.41) is 0. The highest BCUT2D eigenvalue weighted by Gasteiger charge is 2.20. The standard InChI is InChI=1S/C12H6O2/c1-2-8-4-3-5-9-10(13)6-7-11(14)12(8)9/h1,3-7H. The average Bonchev–Trinajstić information content (AvgIpc) is 2.23. The molecule has 0 aliphatic heterocycles. The van der Waals surface area contributed by atoms with Crippen LogP contribution in [0.25, 0.3) is 0 Å². The van der Waals surface area contributed by atoms with Gasteiger partial charge in [-0.15, -0.1) is 6.42 Å². The quantitative estimate of drug-likeness (QED) is 0.571. The van der Waals surface area contributed by atoms with Crippen molar-refractivity contribution >= 4 is 11.6 Å². The molecule has 1 aliphatic carbocycles. The molecule has 1 aromatic carbocycles. The lowest BCUT2D eigenvalue weighted by Crippen LogP contribution is -2.13. The molecule has 0 aromatic heterocycles. The second kappa shape index (κ2) is 2.97. The number of hydrogen-bond donors (Lipinski definition) is 0. The fourth-order valence-electron chi connectivity index (χ4n) is 1.47. The van der Waals surface area contributed by atoms with Crippen LogP contribution in [0.4, 0.5) is 0 Å². The third-order valence-electron chi connectivity index (χ3n) is 2.12. The zero-order valence-electron chi connectivity index (χ0n) is 7.28. The Hall–Kier alpha value is -2.14. The number of carbonyl (C=O) groups excluding carboxylic acids is 2. The zero-order valence-corrected chi connectivity index (χ0v) is 7.28. The minimum atomic E-state index is -0.201. The highest BCUT2D eigenvalue weighted by atomic mass is 16.1. The van der Waals surface area contributed by atoms with Crippen molar-refractivity contribution in [3.63, 3.8) is 0 Å². The average molecular weight is 182 g/mol. The van der Waals surface area contributed by atoms with Gasteiger partial charge in [-0.3, -0.25) is 9.59 Å². The van der Waals surface area contributed by atoms with Gasteiger partial charge in [0, 0.05) is 16.7 Å². The van der Waals surface area contributed by atoms with Crippen molar-refractivity contribution in [3.8, 4) is 12.3 Å². The second-order valence-corrected chi connectivity index (χ2v) is 2.93. The smallest absolute Gasteiger partial charge is 0.187 e. The maximum absolute atomic E-state index is 11.5. The monoisotopic (exact) mass is 182 g/mol. The molecule has 2 nitrogen and oxygen atoms in total. The minimum absolute atomic E-state index is 0.170. The summed E-state index contributed by atoms with van der Waals surface area (Å²) in [6.45, 7) is 0. The van der Waals surface area contributed by atoms with Crippen LogP contribution in [0, 0.1) is 12.3 Å². The van der Waals surface area contributed by atoms with Gasteiger partial charge in [-0.1, -0.05) is 18.1 Å². The fourth-order valence-corrected chi connectivity index (χ4v) is 1.47. The Bertz CT molecular complexity index is 502. The van der Waals surface area contributed by atoms with Gasteiger partial charge in [0.25, 0.3) is 0 Å². The Balaban J connectivity index is 2.79. The second-order valence-electron chi connectivity index (χ2n) is 2.93. The van der Waals surface area contributed by atoms with Crippen molar-refractivity contribution in [3.05, 3.63) is 47.0 Å². The topological polar surface area (TPSA) is 34.1 Å². The highest BCUT2D eigenvalue weighted by molar-refractivity contribution is 6.22. The molecule has 0 fully saturated rings. The van der Waals surface area contributed by atoms with Crippen LogP contribution in [0.15, 0.2) is 30.4 Å². The van der Waals surface area contributed by atoms with Crippen LogP contribution in [-0.2, 0) is 0 Å². The van der Waals surface area contributed by atoms with E-state index in [-0.39, 0.29) is 11.6 Å². The molecule has 0 atom stereocenters. The third-order valence-corrected chi connectivity index (χ3v) is 2.12. The zero-order chi connectivity index (χ0) is 10.1. The van der Waals surface area contributed by atoms with Gasteiger partial charge in [-0.25, -0.2) is 0 Å². The van der Waals surface area contributed by atoms with Crippen molar-refractivity contribution in [1.29, 1.82) is 0 Å². The van der Waals surface area contributed by atoms with Crippen LogP contribution in [-0.4, -0.2) is 11.6 Å². The Labute approximate surface area is 81.2 Å². The number of ketones is 2. The van der Waals surface area contributed by atoms with E-state index in [0.717, 1.165) is 0 Å². The SMILES string of the molecule is C#Cc1cccc2c1C(=O)C=CC2=O. The number of terminal acetylenes is 1. The minimum Gasteiger partial charge on any atom is -0.289 e. The van der Waals surface area contributed by atoms with E-state index in [9.17, 15) is 9.59 Å². The van der Waals surface area contributed by atoms with Gasteiger partial charge in [0.2, 0.25) is 0 Å². The molecule has 2 rings (SSSR count). The van der Waals surface area contributed by atoms with Gasteiger partial charge in [0.05, 0.1) is 0 Å². The van der Waals surface area contributed by atoms with E-state index in [2.05, 4.69) is 5.92 Å². The lowest BCUT2D eigenvalue weighted by atomic mass is 9.91. The van der Waals surface area contributed by atoms with Crippen LogP contribution in [0.2, 0.25) is 0 Å². The molecule has 1 aromatic rings. The summed E-state index contributed by atoms with van der Waals surface area (Å²) >= 11 is 0. The molecular formula is C12H6O2. The van der Waals surface area contributed by atoms with Crippen molar-refractivity contribution < 1.29 is 9.59 Å². The summed E-state index contributed by atoms with van der Waals surface area (Å²) in [5.74, 6) is 2.03. The third kappa shape index (κ3) is 1.07. The molecule has 66 valence electrons. The molecule has 0 saturated carbocycles. The Morgan fingerprint density at radius 3 is 2.50 bits per heavy atom. The first-order valence-corrected chi connectivity index (χ1v) is 4.10. The maximum Gasteiger partial charge on any atom is 0.187 e. The Morgan fingerprint density at radius 1 is 1.07 bits per heavy atom. The van der Waals surface area contributed by atoms with Gasteiger partial charge in [-0.2, -0.15) is 0 Å². The Kier molecular flexibility index (Phi) is 1.79. The summed E-state index contributed by atoms with van der Waals surface area (Å²) in [6, 6.07) is 4.95. The summed E-state index contributed by atoms with van der Waals surface area (Å²) in [4.78, 5) is 22.9. The first-order chi connectivity index (χ1) is 6.74. The number of allylic oxidation sites excluding steroid dienone is 2. The molecule has 0 N–H and O–H groups in total. The Morgan fingerprint density at radius 2 is 1.79 bits per heavy atom. The van der Waals surface area contributed by atoms with E-state index in [0.29, 0.717) is 16.7 Å². The molecule has 0 amide bonds. The molecule has 2 heteroatoms. The number of hydrogen-bond acceptors (Lipinski definition) is 2. The highest BCUT2D eigenvalue weighted by Crippen LogP contribution is 2.20. The summed E-state index contributed by atoms with van der Waals surface area (Å²) in [7, 11) is 0. The van der Waals surface area contributed by atoms with E-state index in [1.807, 2.05) is 0 Å². The van der Waals surface area contributed by atoms with E-state index in [4.69, 9.17) is 6.42 Å². The number of benzene rings is 1. The van der Waals surface area contributed by atoms with Crippen molar-refractivity contribution in [2.45, 2.75) is 0 Å². The predicted octanol–water partition coefficient (Wildman–Crippen LogP) is 1.60. The largest absolute Gasteiger partial charge is 0.289 e. The van der Waals surface area contributed by atoms with Crippen LogP contribution in [0.3, 0.4) is 0 Å². The molecule has 14 heavy (non-hydrogen) atoms. The van der Waals surface area contributed by atoms with Gasteiger partial charge >= 0.3 is 0 Å². The van der Waals surface area contributed by atoms with E-state index >= 15 is 0 Å². The molecule has 0 saturated heterocycles. The van der Waals surface area contributed by atoms with Crippen molar-refractivity contribution in [2.75, 3.05) is 0 Å². The molecule has 0 radical (unpaired) electrons. The van der Waals surface area contributed by atoms with Crippen LogP contribution >= 0.6 is 0 Å². The van der Waals surface area contributed by atoms with Crippen LogP contribution in [0.5, 0.6) is 0 Å². The first kappa shape index (κ1) is 8.46. The number of rotatable bonds is 0. The lowest BCUT2D eigenvalue weighted by molar-refractivity contribution is 0.0994. The van der Waals surface area contributed by atoms with Gasteiger partial charge in [0.1, 0.15) is 0 Å². The summed E-state index contributed by atoms with van der Waals surface area (Å²) < 4.78 is 0. The first-order valence-electron chi connectivity index (χ1n) is 4.10. The predicted molar refractivity (Wildman–Crippen MR) is 52.2 cm³/mol. The van der Waals surface area contributed by atoms with Gasteiger partial charge < -0.3 is 0 Å². The van der Waals surface area contributed by atoms with Crippen LogP contribution < -0.4 is 0 Å². The molecule has 0 spiro atoms.